The van der Waals surface area contributed by atoms with Gasteiger partial charge in [0, 0.05) is 6.04 Å². The average molecular weight is 210 g/mol. The van der Waals surface area contributed by atoms with Crippen LogP contribution in [0.2, 0.25) is 0 Å². The third kappa shape index (κ3) is 1.98. The van der Waals surface area contributed by atoms with E-state index in [0.717, 1.165) is 0 Å². The van der Waals surface area contributed by atoms with Crippen LogP contribution in [0.25, 0.3) is 0 Å². The summed E-state index contributed by atoms with van der Waals surface area (Å²) in [4.78, 5) is 25.2. The fourth-order valence-corrected chi connectivity index (χ4v) is 2.19. The van der Waals surface area contributed by atoms with Crippen molar-refractivity contribution in [3.63, 3.8) is 0 Å². The maximum absolute atomic E-state index is 12.0. The Kier molecular flexibility index (Phi) is 2.67. The molecule has 4 nitrogen and oxygen atoms in total. The maximum atomic E-state index is 12.0. The Morgan fingerprint density at radius 2 is 2.13 bits per heavy atom. The lowest BCUT2D eigenvalue weighted by Crippen LogP contribution is -2.60. The Balaban J connectivity index is 2.08. The monoisotopic (exact) mass is 210 g/mol. The molecule has 0 aromatic rings. The van der Waals surface area contributed by atoms with E-state index in [4.69, 9.17) is 0 Å². The minimum Gasteiger partial charge on any atom is -0.343 e. The first kappa shape index (κ1) is 10.5. The van der Waals surface area contributed by atoms with Crippen LogP contribution in [0.15, 0.2) is 0 Å². The Morgan fingerprint density at radius 3 is 2.67 bits per heavy atom. The van der Waals surface area contributed by atoms with Gasteiger partial charge in [-0.2, -0.15) is 0 Å². The second-order valence-electron chi connectivity index (χ2n) is 4.57. The Bertz CT molecular complexity index is 286. The zero-order valence-electron chi connectivity index (χ0n) is 9.32. The molecule has 2 atom stereocenters. The van der Waals surface area contributed by atoms with Gasteiger partial charge < -0.3 is 10.2 Å². The zero-order valence-corrected chi connectivity index (χ0v) is 9.32. The van der Waals surface area contributed by atoms with Gasteiger partial charge in [-0.15, -0.1) is 0 Å². The molecule has 0 spiro atoms. The van der Waals surface area contributed by atoms with Crippen LogP contribution in [0.5, 0.6) is 0 Å². The van der Waals surface area contributed by atoms with Crippen LogP contribution in [0.3, 0.4) is 0 Å². The van der Waals surface area contributed by atoms with Crippen molar-refractivity contribution in [1.82, 2.24) is 10.2 Å². The molecule has 1 heterocycles. The van der Waals surface area contributed by atoms with Crippen molar-refractivity contribution < 1.29 is 9.59 Å². The van der Waals surface area contributed by atoms with Crippen LogP contribution >= 0.6 is 0 Å². The largest absolute Gasteiger partial charge is 0.343 e. The van der Waals surface area contributed by atoms with Crippen LogP contribution < -0.4 is 5.32 Å². The standard InChI is InChI=1S/C11H18N2O2/c1-3-9-11(15)13(6-10(14)12-9)7(2)8-4-5-8/h7-9H,3-6H2,1-2H3,(H,12,14). The molecule has 0 bridgehead atoms. The topological polar surface area (TPSA) is 49.4 Å². The summed E-state index contributed by atoms with van der Waals surface area (Å²) in [6.07, 6.45) is 3.07. The number of carbonyl (C=O) groups excluding carboxylic acids is 2. The predicted molar refractivity (Wildman–Crippen MR) is 56.1 cm³/mol. The molecule has 1 saturated heterocycles. The molecular weight excluding hydrogens is 192 g/mol. The molecule has 2 rings (SSSR count). The van der Waals surface area contributed by atoms with Crippen molar-refractivity contribution in [2.75, 3.05) is 6.54 Å². The van der Waals surface area contributed by atoms with Crippen molar-refractivity contribution in [3.8, 4) is 0 Å². The molecule has 2 fully saturated rings. The van der Waals surface area contributed by atoms with Gasteiger partial charge in [-0.05, 0) is 32.1 Å². The molecule has 1 saturated carbocycles. The smallest absolute Gasteiger partial charge is 0.245 e. The highest BCUT2D eigenvalue weighted by Gasteiger charge is 2.39. The number of piperazine rings is 1. The first-order valence-electron chi connectivity index (χ1n) is 5.73. The van der Waals surface area contributed by atoms with E-state index in [1.807, 2.05) is 6.92 Å². The van der Waals surface area contributed by atoms with Gasteiger partial charge in [0.1, 0.15) is 6.04 Å². The van der Waals surface area contributed by atoms with E-state index in [9.17, 15) is 9.59 Å². The number of hydrogen-bond donors (Lipinski definition) is 1. The van der Waals surface area contributed by atoms with E-state index in [2.05, 4.69) is 12.2 Å². The maximum Gasteiger partial charge on any atom is 0.245 e. The lowest BCUT2D eigenvalue weighted by atomic mass is 10.1. The van der Waals surface area contributed by atoms with Gasteiger partial charge in [-0.25, -0.2) is 0 Å². The summed E-state index contributed by atoms with van der Waals surface area (Å²) in [5, 5.41) is 2.73. The van der Waals surface area contributed by atoms with E-state index in [1.54, 1.807) is 4.90 Å². The molecule has 4 heteroatoms. The van der Waals surface area contributed by atoms with Crippen molar-refractivity contribution in [2.45, 2.75) is 45.2 Å². The number of nitrogens with zero attached hydrogens (tertiary/aromatic N) is 1. The number of rotatable bonds is 3. The molecule has 15 heavy (non-hydrogen) atoms. The van der Waals surface area contributed by atoms with Crippen LogP contribution in [-0.2, 0) is 9.59 Å². The Labute approximate surface area is 90.0 Å². The summed E-state index contributed by atoms with van der Waals surface area (Å²) in [6, 6.07) is -0.0648. The van der Waals surface area contributed by atoms with Crippen molar-refractivity contribution >= 4 is 11.8 Å². The second-order valence-corrected chi connectivity index (χ2v) is 4.57. The summed E-state index contributed by atoms with van der Waals surface area (Å²) >= 11 is 0. The van der Waals surface area contributed by atoms with Gasteiger partial charge in [-0.1, -0.05) is 6.92 Å². The molecule has 0 radical (unpaired) electrons. The molecule has 1 aliphatic carbocycles. The number of amides is 2. The van der Waals surface area contributed by atoms with Gasteiger partial charge >= 0.3 is 0 Å². The zero-order chi connectivity index (χ0) is 11.0. The quantitative estimate of drug-likeness (QED) is 0.738. The molecule has 84 valence electrons. The van der Waals surface area contributed by atoms with E-state index in [0.29, 0.717) is 12.3 Å². The molecule has 1 aliphatic heterocycles. The lowest BCUT2D eigenvalue weighted by molar-refractivity contribution is -0.146. The molecule has 0 aromatic heterocycles. The molecule has 2 aliphatic rings. The van der Waals surface area contributed by atoms with Gasteiger partial charge in [-0.3, -0.25) is 9.59 Å². The minimum atomic E-state index is -0.299. The number of carbonyl (C=O) groups is 2. The fourth-order valence-electron chi connectivity index (χ4n) is 2.19. The van der Waals surface area contributed by atoms with Gasteiger partial charge in [0.25, 0.3) is 0 Å². The molecular formula is C11H18N2O2. The Hall–Kier alpha value is -1.06. The molecule has 2 amide bonds. The lowest BCUT2D eigenvalue weighted by Gasteiger charge is -2.36. The van der Waals surface area contributed by atoms with E-state index in [-0.39, 0.29) is 30.4 Å². The van der Waals surface area contributed by atoms with Crippen molar-refractivity contribution in [2.24, 2.45) is 5.92 Å². The third-order valence-electron chi connectivity index (χ3n) is 3.43. The SMILES string of the molecule is CCC1NC(=O)CN(C(C)C2CC2)C1=O. The van der Waals surface area contributed by atoms with Crippen LogP contribution in [-0.4, -0.2) is 35.3 Å². The highest BCUT2D eigenvalue weighted by Crippen LogP contribution is 2.35. The van der Waals surface area contributed by atoms with Gasteiger partial charge in [0.15, 0.2) is 0 Å². The first-order valence-corrected chi connectivity index (χ1v) is 5.73. The van der Waals surface area contributed by atoms with E-state index >= 15 is 0 Å². The summed E-state index contributed by atoms with van der Waals surface area (Å²) in [5.74, 6) is 0.697. The molecule has 0 aromatic carbocycles. The van der Waals surface area contributed by atoms with Crippen molar-refractivity contribution in [3.05, 3.63) is 0 Å². The third-order valence-corrected chi connectivity index (χ3v) is 3.43. The van der Waals surface area contributed by atoms with E-state index < -0.39 is 0 Å². The van der Waals surface area contributed by atoms with Crippen LogP contribution in [0, 0.1) is 5.92 Å². The number of hydrogen-bond acceptors (Lipinski definition) is 2. The summed E-state index contributed by atoms with van der Waals surface area (Å²) in [7, 11) is 0. The normalized spacial score (nSPS) is 28.9. The predicted octanol–water partition coefficient (Wildman–Crippen LogP) is 0.522. The summed E-state index contributed by atoms with van der Waals surface area (Å²) in [6.45, 7) is 4.22. The highest BCUT2D eigenvalue weighted by atomic mass is 16.2. The van der Waals surface area contributed by atoms with E-state index in [1.165, 1.54) is 12.8 Å². The average Bonchev–Trinajstić information content (AvgIpc) is 3.03. The van der Waals surface area contributed by atoms with Crippen LogP contribution in [0.1, 0.15) is 33.1 Å². The highest BCUT2D eigenvalue weighted by molar-refractivity contribution is 5.95. The van der Waals surface area contributed by atoms with Crippen LogP contribution in [0.4, 0.5) is 0 Å². The first-order chi connectivity index (χ1) is 7.13. The second kappa shape index (κ2) is 3.83. The van der Waals surface area contributed by atoms with Gasteiger partial charge in [0.2, 0.25) is 11.8 Å². The Morgan fingerprint density at radius 1 is 1.47 bits per heavy atom. The fraction of sp³-hybridized carbons (Fsp3) is 0.818. The molecule has 1 N–H and O–H groups in total. The summed E-state index contributed by atoms with van der Waals surface area (Å²) < 4.78 is 0. The molecule has 2 unspecified atom stereocenters. The van der Waals surface area contributed by atoms with Crippen molar-refractivity contribution in [1.29, 1.82) is 0 Å². The summed E-state index contributed by atoms with van der Waals surface area (Å²) in [5.41, 5.74) is 0. The van der Waals surface area contributed by atoms with Gasteiger partial charge in [0.05, 0.1) is 6.54 Å². The number of nitrogens with one attached hydrogen (secondary N) is 1. The minimum absolute atomic E-state index is 0.0195.